The molecule has 2 nitrogen and oxygen atoms in total. The molecule has 16 heavy (non-hydrogen) atoms. The van der Waals surface area contributed by atoms with Gasteiger partial charge in [-0.25, -0.2) is 0 Å². The Morgan fingerprint density at radius 2 is 2.25 bits per heavy atom. The highest BCUT2D eigenvalue weighted by Gasteiger charge is 2.43. The van der Waals surface area contributed by atoms with Crippen molar-refractivity contribution >= 4 is 0 Å². The van der Waals surface area contributed by atoms with Crippen LogP contribution in [-0.2, 0) is 6.30 Å². The third kappa shape index (κ3) is 2.08. The zero-order chi connectivity index (χ0) is 11.9. The molecule has 1 aliphatic carbocycles. The minimum atomic E-state index is -4.39. The monoisotopic (exact) mass is 232 g/mol. The molecule has 1 saturated carbocycles. The van der Waals surface area contributed by atoms with Crippen molar-refractivity contribution in [2.45, 2.75) is 38.9 Å². The predicted octanol–water partition coefficient (Wildman–Crippen LogP) is 3.51. The summed E-state index contributed by atoms with van der Waals surface area (Å²) in [5.41, 5.74) is 0.725. The highest BCUT2D eigenvalue weighted by atomic mass is 19.4. The van der Waals surface area contributed by atoms with Crippen LogP contribution in [-0.4, -0.2) is 9.78 Å². The molecular weight excluding hydrogens is 217 g/mol. The van der Waals surface area contributed by atoms with E-state index in [4.69, 9.17) is 0 Å². The predicted molar refractivity (Wildman–Crippen MR) is 53.8 cm³/mol. The summed E-state index contributed by atoms with van der Waals surface area (Å²) in [5.74, 6) is 1.40. The molecule has 1 aromatic rings. The third-order valence-corrected chi connectivity index (χ3v) is 3.51. The van der Waals surface area contributed by atoms with Gasteiger partial charge in [0.25, 0.3) is 0 Å². The topological polar surface area (TPSA) is 17.8 Å². The maximum absolute atomic E-state index is 12.3. The summed E-state index contributed by atoms with van der Waals surface area (Å²) in [6.07, 6.45) is 0.153. The van der Waals surface area contributed by atoms with Crippen LogP contribution in [0.1, 0.15) is 38.2 Å². The fraction of sp³-hybridized carbons (Fsp3) is 0.727. The number of halogens is 3. The van der Waals surface area contributed by atoms with E-state index in [-0.39, 0.29) is 10.6 Å². The van der Waals surface area contributed by atoms with Gasteiger partial charge in [-0.3, -0.25) is 0 Å². The lowest BCUT2D eigenvalue weighted by atomic mass is 10.0. The fourth-order valence-electron chi connectivity index (χ4n) is 2.20. The van der Waals surface area contributed by atoms with Gasteiger partial charge in [0.15, 0.2) is 0 Å². The fourth-order valence-corrected chi connectivity index (χ4v) is 2.20. The zero-order valence-electron chi connectivity index (χ0n) is 9.33. The molecule has 1 aromatic heterocycles. The molecule has 1 aliphatic rings. The molecule has 3 atom stereocenters. The SMILES string of the molecule is CCC(C)[C@H]1C[C@@H]1c1cnn(C(F)(F)F)c1. The first kappa shape index (κ1) is 11.5. The Kier molecular flexibility index (Phi) is 2.72. The number of hydrogen-bond donors (Lipinski definition) is 0. The average Bonchev–Trinajstić information content (AvgIpc) is 2.84. The molecule has 1 fully saturated rings. The minimum Gasteiger partial charge on any atom is -0.179 e. The molecule has 0 N–H and O–H groups in total. The summed E-state index contributed by atoms with van der Waals surface area (Å²) in [6, 6.07) is 0. The van der Waals surface area contributed by atoms with Crippen molar-refractivity contribution in [3.05, 3.63) is 18.0 Å². The van der Waals surface area contributed by atoms with Crippen LogP contribution < -0.4 is 0 Å². The average molecular weight is 232 g/mol. The molecule has 5 heteroatoms. The Bertz CT molecular complexity index is 370. The number of alkyl halides is 3. The van der Waals surface area contributed by atoms with E-state index < -0.39 is 6.30 Å². The van der Waals surface area contributed by atoms with Gasteiger partial charge in [0, 0.05) is 6.20 Å². The molecule has 2 rings (SSSR count). The lowest BCUT2D eigenvalue weighted by Crippen LogP contribution is -2.16. The quantitative estimate of drug-likeness (QED) is 0.779. The second-order valence-electron chi connectivity index (χ2n) is 4.58. The highest BCUT2D eigenvalue weighted by Crippen LogP contribution is 2.52. The van der Waals surface area contributed by atoms with E-state index in [9.17, 15) is 13.2 Å². The van der Waals surface area contributed by atoms with Gasteiger partial charge in [-0.1, -0.05) is 20.3 Å². The van der Waals surface area contributed by atoms with Crippen LogP contribution in [0.4, 0.5) is 13.2 Å². The van der Waals surface area contributed by atoms with Crippen LogP contribution in [0.3, 0.4) is 0 Å². The normalized spacial score (nSPS) is 26.8. The van der Waals surface area contributed by atoms with Gasteiger partial charge in [-0.2, -0.15) is 9.78 Å². The first-order chi connectivity index (χ1) is 7.43. The summed E-state index contributed by atoms with van der Waals surface area (Å²) in [4.78, 5) is 0. The van der Waals surface area contributed by atoms with Crippen molar-refractivity contribution < 1.29 is 13.2 Å². The van der Waals surface area contributed by atoms with E-state index in [0.29, 0.717) is 11.8 Å². The summed E-state index contributed by atoms with van der Waals surface area (Å²) in [5, 5.41) is 3.36. The van der Waals surface area contributed by atoms with Crippen LogP contribution in [0.5, 0.6) is 0 Å². The van der Waals surface area contributed by atoms with Gasteiger partial charge in [0.2, 0.25) is 0 Å². The van der Waals surface area contributed by atoms with Crippen LogP contribution >= 0.6 is 0 Å². The van der Waals surface area contributed by atoms with Crippen molar-refractivity contribution in [3.63, 3.8) is 0 Å². The van der Waals surface area contributed by atoms with Crippen molar-refractivity contribution in [3.8, 4) is 0 Å². The number of rotatable bonds is 3. The van der Waals surface area contributed by atoms with Crippen molar-refractivity contribution in [2.24, 2.45) is 11.8 Å². The Hall–Kier alpha value is -1.00. The lowest BCUT2D eigenvalue weighted by molar-refractivity contribution is -0.212. The standard InChI is InChI=1S/C11H15F3N2/c1-3-7(2)9-4-10(9)8-5-15-16(6-8)11(12,13)14/h5-7,9-10H,3-4H2,1-2H3/t7?,9-,10-/m1/s1. The van der Waals surface area contributed by atoms with E-state index in [2.05, 4.69) is 18.9 Å². The molecule has 1 heterocycles. The molecule has 0 spiro atoms. The Balaban J connectivity index is 2.05. The Labute approximate surface area is 92.4 Å². The summed E-state index contributed by atoms with van der Waals surface area (Å²) in [6.45, 7) is 4.26. The third-order valence-electron chi connectivity index (χ3n) is 3.51. The number of aromatic nitrogens is 2. The van der Waals surface area contributed by atoms with Gasteiger partial charge in [0.1, 0.15) is 0 Å². The molecular formula is C11H15F3N2. The first-order valence-electron chi connectivity index (χ1n) is 5.55. The second-order valence-corrected chi connectivity index (χ2v) is 4.58. The maximum Gasteiger partial charge on any atom is 0.504 e. The molecule has 0 radical (unpaired) electrons. The first-order valence-corrected chi connectivity index (χ1v) is 5.55. The highest BCUT2D eigenvalue weighted by molar-refractivity contribution is 5.20. The Morgan fingerprint density at radius 3 is 2.75 bits per heavy atom. The van der Waals surface area contributed by atoms with Crippen molar-refractivity contribution in [2.75, 3.05) is 0 Å². The smallest absolute Gasteiger partial charge is 0.179 e. The zero-order valence-corrected chi connectivity index (χ0v) is 9.33. The van der Waals surface area contributed by atoms with E-state index in [1.165, 1.54) is 6.20 Å². The van der Waals surface area contributed by atoms with Crippen LogP contribution in [0.2, 0.25) is 0 Å². The molecule has 0 bridgehead atoms. The molecule has 0 amide bonds. The van der Waals surface area contributed by atoms with E-state index in [1.807, 2.05) is 0 Å². The van der Waals surface area contributed by atoms with Crippen molar-refractivity contribution in [1.29, 1.82) is 0 Å². The van der Waals surface area contributed by atoms with Gasteiger partial charge < -0.3 is 0 Å². The number of hydrogen-bond acceptors (Lipinski definition) is 1. The molecule has 0 saturated heterocycles. The Morgan fingerprint density at radius 1 is 1.56 bits per heavy atom. The number of nitrogens with zero attached hydrogens (tertiary/aromatic N) is 2. The van der Waals surface area contributed by atoms with E-state index >= 15 is 0 Å². The van der Waals surface area contributed by atoms with Gasteiger partial charge in [0.05, 0.1) is 6.20 Å². The lowest BCUT2D eigenvalue weighted by Gasteiger charge is -2.06. The van der Waals surface area contributed by atoms with Crippen LogP contribution in [0.15, 0.2) is 12.4 Å². The van der Waals surface area contributed by atoms with Gasteiger partial charge >= 0.3 is 6.30 Å². The minimum absolute atomic E-state index is 0.0916. The summed E-state index contributed by atoms with van der Waals surface area (Å²) in [7, 11) is 0. The van der Waals surface area contributed by atoms with Crippen LogP contribution in [0.25, 0.3) is 0 Å². The van der Waals surface area contributed by atoms with Gasteiger partial charge in [-0.05, 0) is 29.7 Å². The van der Waals surface area contributed by atoms with E-state index in [0.717, 1.165) is 24.6 Å². The van der Waals surface area contributed by atoms with Gasteiger partial charge in [-0.15, -0.1) is 13.2 Å². The summed E-state index contributed by atoms with van der Waals surface area (Å²) >= 11 is 0. The second kappa shape index (κ2) is 3.79. The maximum atomic E-state index is 12.3. The van der Waals surface area contributed by atoms with Crippen LogP contribution in [0, 0.1) is 11.8 Å². The molecule has 90 valence electrons. The van der Waals surface area contributed by atoms with E-state index in [1.54, 1.807) is 0 Å². The summed E-state index contributed by atoms with van der Waals surface area (Å²) < 4.78 is 37.0. The molecule has 1 unspecified atom stereocenters. The molecule has 0 aromatic carbocycles. The van der Waals surface area contributed by atoms with Crippen molar-refractivity contribution in [1.82, 2.24) is 9.78 Å². The largest absolute Gasteiger partial charge is 0.504 e. The molecule has 0 aliphatic heterocycles.